The van der Waals surface area contributed by atoms with Crippen LogP contribution in [-0.4, -0.2) is 50.6 Å². The summed E-state index contributed by atoms with van der Waals surface area (Å²) in [5.41, 5.74) is 4.21. The number of rotatable bonds is 5. The Morgan fingerprint density at radius 1 is 1.13 bits per heavy atom. The van der Waals surface area contributed by atoms with Gasteiger partial charge in [-0.1, -0.05) is 36.4 Å². The van der Waals surface area contributed by atoms with Crippen LogP contribution in [0, 0.1) is 0 Å². The second-order valence-corrected chi connectivity index (χ2v) is 6.67. The molecule has 3 rings (SSSR count). The molecule has 0 aliphatic carbocycles. The van der Waals surface area contributed by atoms with Crippen molar-refractivity contribution in [1.29, 1.82) is 0 Å². The molecule has 1 heterocycles. The van der Waals surface area contributed by atoms with Gasteiger partial charge >= 0.3 is 0 Å². The van der Waals surface area contributed by atoms with Gasteiger partial charge in [0.2, 0.25) is 0 Å². The van der Waals surface area contributed by atoms with Gasteiger partial charge in [0, 0.05) is 25.6 Å². The lowest BCUT2D eigenvalue weighted by molar-refractivity contribution is 0.259. The topological polar surface area (TPSA) is 15.7 Å². The molecule has 3 heteroatoms. The largest absolute Gasteiger partial charge is 0.492 e. The molecule has 122 valence electrons. The van der Waals surface area contributed by atoms with Crippen LogP contribution in [-0.2, 0) is 6.54 Å². The van der Waals surface area contributed by atoms with Crippen LogP contribution in [0.15, 0.2) is 48.5 Å². The van der Waals surface area contributed by atoms with Gasteiger partial charge in [0.15, 0.2) is 0 Å². The Morgan fingerprint density at radius 2 is 1.91 bits per heavy atom. The van der Waals surface area contributed by atoms with Crippen molar-refractivity contribution in [1.82, 2.24) is 9.80 Å². The van der Waals surface area contributed by atoms with Gasteiger partial charge in [-0.3, -0.25) is 0 Å². The monoisotopic (exact) mass is 310 g/mol. The zero-order chi connectivity index (χ0) is 16.2. The predicted molar refractivity (Wildman–Crippen MR) is 95.1 cm³/mol. The van der Waals surface area contributed by atoms with Crippen molar-refractivity contribution in [2.45, 2.75) is 12.5 Å². The van der Waals surface area contributed by atoms with Crippen LogP contribution < -0.4 is 4.74 Å². The van der Waals surface area contributed by atoms with E-state index in [1.54, 1.807) is 0 Å². The van der Waals surface area contributed by atoms with Crippen molar-refractivity contribution in [2.75, 3.05) is 40.8 Å². The van der Waals surface area contributed by atoms with Crippen molar-refractivity contribution < 1.29 is 4.74 Å². The van der Waals surface area contributed by atoms with E-state index < -0.39 is 0 Å². The van der Waals surface area contributed by atoms with Crippen LogP contribution in [0.3, 0.4) is 0 Å². The molecule has 0 radical (unpaired) electrons. The van der Waals surface area contributed by atoms with Gasteiger partial charge in [-0.25, -0.2) is 0 Å². The average molecular weight is 310 g/mol. The van der Waals surface area contributed by atoms with E-state index >= 15 is 0 Å². The zero-order valence-electron chi connectivity index (χ0n) is 14.3. The summed E-state index contributed by atoms with van der Waals surface area (Å²) in [6, 6.07) is 17.4. The maximum atomic E-state index is 5.90. The minimum atomic E-state index is 0.445. The molecular weight excluding hydrogens is 284 g/mol. The highest BCUT2D eigenvalue weighted by Gasteiger charge is 2.24. The molecule has 0 bridgehead atoms. The Bertz CT molecular complexity index is 639. The van der Waals surface area contributed by atoms with E-state index in [2.05, 4.69) is 79.5 Å². The van der Waals surface area contributed by atoms with Crippen LogP contribution in [0.1, 0.15) is 22.6 Å². The van der Waals surface area contributed by atoms with Crippen molar-refractivity contribution in [3.8, 4) is 5.75 Å². The van der Waals surface area contributed by atoms with Crippen LogP contribution in [0.4, 0.5) is 0 Å². The molecule has 0 aromatic heterocycles. The highest BCUT2D eigenvalue weighted by Crippen LogP contribution is 2.34. The molecule has 0 fully saturated rings. The van der Waals surface area contributed by atoms with E-state index in [-0.39, 0.29) is 0 Å². The van der Waals surface area contributed by atoms with Crippen molar-refractivity contribution in [3.63, 3.8) is 0 Å². The minimum Gasteiger partial charge on any atom is -0.492 e. The van der Waals surface area contributed by atoms with Gasteiger partial charge in [-0.15, -0.1) is 0 Å². The van der Waals surface area contributed by atoms with E-state index in [1.165, 1.54) is 16.7 Å². The summed E-state index contributed by atoms with van der Waals surface area (Å²) in [5.74, 6) is 1.42. The fourth-order valence-electron chi connectivity index (χ4n) is 3.23. The summed E-state index contributed by atoms with van der Waals surface area (Å²) >= 11 is 0. The fraction of sp³-hybridized carbons (Fsp3) is 0.400. The second kappa shape index (κ2) is 7.16. The van der Waals surface area contributed by atoms with Gasteiger partial charge in [-0.05, 0) is 50.0 Å². The third kappa shape index (κ3) is 3.92. The summed E-state index contributed by atoms with van der Waals surface area (Å²) in [6.07, 6.45) is 0. The molecule has 0 spiro atoms. The Labute approximate surface area is 139 Å². The van der Waals surface area contributed by atoms with Gasteiger partial charge in [0.1, 0.15) is 12.4 Å². The van der Waals surface area contributed by atoms with E-state index in [4.69, 9.17) is 4.74 Å². The molecule has 0 saturated carbocycles. The number of benzene rings is 2. The summed E-state index contributed by atoms with van der Waals surface area (Å²) in [7, 11) is 6.32. The molecule has 0 N–H and O–H groups in total. The molecule has 23 heavy (non-hydrogen) atoms. The third-order valence-electron chi connectivity index (χ3n) is 4.43. The molecule has 0 amide bonds. The molecule has 1 unspecified atom stereocenters. The SMILES string of the molecule is CN(C)CCOc1ccc2c(c1)CN(C)CC2c1ccccc1. The Kier molecular flexibility index (Phi) is 4.99. The van der Waals surface area contributed by atoms with Crippen LogP contribution in [0.2, 0.25) is 0 Å². The molecule has 3 nitrogen and oxygen atoms in total. The van der Waals surface area contributed by atoms with E-state index in [9.17, 15) is 0 Å². The summed E-state index contributed by atoms with van der Waals surface area (Å²) in [6.45, 7) is 3.72. The minimum absolute atomic E-state index is 0.445. The third-order valence-corrected chi connectivity index (χ3v) is 4.43. The lowest BCUT2D eigenvalue weighted by Gasteiger charge is -2.33. The number of fused-ring (bicyclic) bond motifs is 1. The smallest absolute Gasteiger partial charge is 0.119 e. The molecular formula is C20H26N2O. The molecule has 1 aliphatic heterocycles. The first kappa shape index (κ1) is 16.0. The second-order valence-electron chi connectivity index (χ2n) is 6.67. The van der Waals surface area contributed by atoms with Crippen molar-refractivity contribution >= 4 is 0 Å². The normalized spacial score (nSPS) is 18.0. The number of ether oxygens (including phenoxy) is 1. The maximum Gasteiger partial charge on any atom is 0.119 e. The van der Waals surface area contributed by atoms with Crippen molar-refractivity contribution in [3.05, 3.63) is 65.2 Å². The molecule has 1 aliphatic rings. The van der Waals surface area contributed by atoms with Crippen molar-refractivity contribution in [2.24, 2.45) is 0 Å². The quantitative estimate of drug-likeness (QED) is 0.843. The molecule has 1 atom stereocenters. The summed E-state index contributed by atoms with van der Waals surface area (Å²) in [4.78, 5) is 4.53. The molecule has 2 aromatic rings. The molecule has 0 saturated heterocycles. The number of nitrogens with zero attached hydrogens (tertiary/aromatic N) is 2. The zero-order valence-corrected chi connectivity index (χ0v) is 14.3. The van der Waals surface area contributed by atoms with Crippen LogP contribution in [0.5, 0.6) is 5.75 Å². The standard InChI is InChI=1S/C20H26N2O/c1-21(2)11-12-23-18-9-10-19-17(13-18)14-22(3)15-20(19)16-7-5-4-6-8-16/h4-10,13,20H,11-12,14-15H2,1-3H3. The average Bonchev–Trinajstić information content (AvgIpc) is 2.54. The maximum absolute atomic E-state index is 5.90. The van der Waals surface area contributed by atoms with E-state index in [1.807, 2.05) is 0 Å². The first-order chi connectivity index (χ1) is 11.1. The summed E-state index contributed by atoms with van der Waals surface area (Å²) < 4.78 is 5.90. The Hall–Kier alpha value is -1.84. The molecule has 2 aromatic carbocycles. The fourth-order valence-corrected chi connectivity index (χ4v) is 3.23. The number of likely N-dealkylation sites (N-methyl/N-ethyl adjacent to an activating group) is 2. The highest BCUT2D eigenvalue weighted by atomic mass is 16.5. The lowest BCUT2D eigenvalue weighted by atomic mass is 9.85. The van der Waals surface area contributed by atoms with Crippen LogP contribution >= 0.6 is 0 Å². The van der Waals surface area contributed by atoms with Gasteiger partial charge < -0.3 is 14.5 Å². The Morgan fingerprint density at radius 3 is 2.65 bits per heavy atom. The van der Waals surface area contributed by atoms with Gasteiger partial charge in [0.25, 0.3) is 0 Å². The first-order valence-electron chi connectivity index (χ1n) is 8.27. The van der Waals surface area contributed by atoms with Crippen LogP contribution in [0.25, 0.3) is 0 Å². The van der Waals surface area contributed by atoms with E-state index in [0.717, 1.165) is 32.0 Å². The van der Waals surface area contributed by atoms with E-state index in [0.29, 0.717) is 5.92 Å². The first-order valence-corrected chi connectivity index (χ1v) is 8.27. The Balaban J connectivity index is 1.82. The number of hydrogen-bond donors (Lipinski definition) is 0. The summed E-state index contributed by atoms with van der Waals surface area (Å²) in [5, 5.41) is 0. The predicted octanol–water partition coefficient (Wildman–Crippen LogP) is 3.20. The van der Waals surface area contributed by atoms with Gasteiger partial charge in [0.05, 0.1) is 0 Å². The number of hydrogen-bond acceptors (Lipinski definition) is 3. The lowest BCUT2D eigenvalue weighted by Crippen LogP contribution is -2.31. The highest BCUT2D eigenvalue weighted by molar-refractivity contribution is 5.44. The van der Waals surface area contributed by atoms with Gasteiger partial charge in [-0.2, -0.15) is 0 Å².